The fourth-order valence-electron chi connectivity index (χ4n) is 1.80. The summed E-state index contributed by atoms with van der Waals surface area (Å²) in [4.78, 5) is 9.90. The summed E-state index contributed by atoms with van der Waals surface area (Å²) < 4.78 is 10.3. The third kappa shape index (κ3) is 1.73. The molecule has 3 unspecified atom stereocenters. The largest absolute Gasteiger partial charge is 0.428 e. The summed E-state index contributed by atoms with van der Waals surface area (Å²) in [7, 11) is 0. The highest BCUT2D eigenvalue weighted by Gasteiger charge is 2.64. The Hall–Kier alpha value is -1.09. The lowest BCUT2D eigenvalue weighted by Gasteiger charge is -2.26. The first-order valence-corrected chi connectivity index (χ1v) is 5.64. The van der Waals surface area contributed by atoms with Crippen LogP contribution in [-0.2, 0) is 14.3 Å². The predicted octanol–water partition coefficient (Wildman–Crippen LogP) is 1.06. The van der Waals surface area contributed by atoms with Gasteiger partial charge >= 0.3 is 5.97 Å². The molecular weight excluding hydrogens is 246 g/mol. The molecule has 92 valence electrons. The minimum Gasteiger partial charge on any atom is -0.428 e. The van der Waals surface area contributed by atoms with Crippen molar-refractivity contribution in [1.29, 1.82) is 5.26 Å². The van der Waals surface area contributed by atoms with E-state index in [2.05, 4.69) is 0 Å². The number of nitrogens with zero attached hydrogens (tertiary/aromatic N) is 1. The second kappa shape index (κ2) is 3.70. The highest BCUT2D eigenvalue weighted by atomic mass is 35.5. The van der Waals surface area contributed by atoms with Crippen LogP contribution in [0.5, 0.6) is 0 Å². The molecule has 2 aliphatic rings. The third-order valence-electron chi connectivity index (χ3n) is 2.88. The van der Waals surface area contributed by atoms with Gasteiger partial charge in [0, 0.05) is 12.5 Å². The van der Waals surface area contributed by atoms with Crippen LogP contribution in [0, 0.1) is 17.2 Å². The number of alkyl halides is 1. The van der Waals surface area contributed by atoms with Crippen LogP contribution < -0.4 is 0 Å². The van der Waals surface area contributed by atoms with Crippen LogP contribution in [-0.4, -0.2) is 27.8 Å². The summed E-state index contributed by atoms with van der Waals surface area (Å²) in [5, 5.41) is 18.9. The van der Waals surface area contributed by atoms with Crippen molar-refractivity contribution < 1.29 is 19.4 Å². The first kappa shape index (κ1) is 12.4. The Labute approximate surface area is 104 Å². The number of esters is 1. The summed E-state index contributed by atoms with van der Waals surface area (Å²) in [6.45, 7) is 3.40. The van der Waals surface area contributed by atoms with Gasteiger partial charge in [0.05, 0.1) is 12.0 Å². The number of carbonyl (C=O) groups excluding carboxylic acids is 1. The predicted molar refractivity (Wildman–Crippen MR) is 57.6 cm³/mol. The first-order chi connectivity index (χ1) is 7.81. The van der Waals surface area contributed by atoms with E-state index in [4.69, 9.17) is 26.3 Å². The third-order valence-corrected chi connectivity index (χ3v) is 3.39. The van der Waals surface area contributed by atoms with Crippen molar-refractivity contribution in [3.63, 3.8) is 0 Å². The van der Waals surface area contributed by atoms with E-state index in [1.54, 1.807) is 13.8 Å². The molecule has 3 atom stereocenters. The average molecular weight is 258 g/mol. The topological polar surface area (TPSA) is 79.6 Å². The molecule has 0 amide bonds. The fraction of sp³-hybridized carbons (Fsp3) is 0.636. The van der Waals surface area contributed by atoms with E-state index in [-0.39, 0.29) is 18.1 Å². The molecule has 5 nitrogen and oxygen atoms in total. The fourth-order valence-corrected chi connectivity index (χ4v) is 2.04. The van der Waals surface area contributed by atoms with E-state index in [1.165, 1.54) is 6.08 Å². The summed E-state index contributed by atoms with van der Waals surface area (Å²) in [5.41, 5.74) is 0. The zero-order chi connectivity index (χ0) is 12.8. The van der Waals surface area contributed by atoms with Crippen molar-refractivity contribution >= 4 is 17.6 Å². The Balaban J connectivity index is 2.20. The van der Waals surface area contributed by atoms with E-state index in [9.17, 15) is 9.90 Å². The number of rotatable bonds is 2. The Bertz CT molecular complexity index is 441. The van der Waals surface area contributed by atoms with E-state index >= 15 is 0 Å². The van der Waals surface area contributed by atoms with Crippen LogP contribution in [0.25, 0.3) is 0 Å². The summed E-state index contributed by atoms with van der Waals surface area (Å²) in [6.07, 6.45) is 0.663. The van der Waals surface area contributed by atoms with Crippen molar-refractivity contribution in [2.24, 2.45) is 5.92 Å². The number of hydrogen-bond donors (Lipinski definition) is 1. The Morgan fingerprint density at radius 2 is 2.47 bits per heavy atom. The summed E-state index contributed by atoms with van der Waals surface area (Å²) in [6, 6.07) is 1.81. The molecule has 0 aromatic rings. The Kier molecular flexibility index (Phi) is 2.69. The highest BCUT2D eigenvalue weighted by molar-refractivity contribution is 6.27. The van der Waals surface area contributed by atoms with Gasteiger partial charge in [-0.3, -0.25) is 4.79 Å². The molecule has 1 fully saturated rings. The minimum atomic E-state index is -1.87. The maximum absolute atomic E-state index is 11.4. The van der Waals surface area contributed by atoms with Crippen LogP contribution in [0.3, 0.4) is 0 Å². The number of halogens is 1. The van der Waals surface area contributed by atoms with Crippen molar-refractivity contribution in [2.75, 3.05) is 0 Å². The van der Waals surface area contributed by atoms with Gasteiger partial charge in [-0.15, -0.1) is 0 Å². The van der Waals surface area contributed by atoms with E-state index in [1.807, 2.05) is 6.07 Å². The van der Waals surface area contributed by atoms with E-state index in [0.29, 0.717) is 0 Å². The number of fused-ring (bicyclic) bond motifs is 2. The molecule has 1 N–H and O–H groups in total. The molecule has 0 spiro atoms. The Morgan fingerprint density at radius 1 is 1.82 bits per heavy atom. The van der Waals surface area contributed by atoms with Crippen molar-refractivity contribution in [2.45, 2.75) is 37.0 Å². The number of carbonyl (C=O) groups is 1. The molecule has 17 heavy (non-hydrogen) atoms. The van der Waals surface area contributed by atoms with Crippen molar-refractivity contribution in [3.8, 4) is 6.07 Å². The van der Waals surface area contributed by atoms with Gasteiger partial charge in [-0.25, -0.2) is 0 Å². The molecule has 2 rings (SSSR count). The molecule has 2 bridgehead atoms. The first-order valence-electron chi connectivity index (χ1n) is 5.26. The molecule has 1 saturated heterocycles. The second-order valence-electron chi connectivity index (χ2n) is 4.54. The van der Waals surface area contributed by atoms with Crippen LogP contribution >= 0.6 is 11.6 Å². The molecule has 0 aromatic carbocycles. The number of nitriles is 1. The SMILES string of the molecule is CC(C)C(=O)OC1=CC2(O)OC1CC2(Cl)C#N. The molecule has 2 heterocycles. The maximum Gasteiger partial charge on any atom is 0.313 e. The molecule has 0 saturated carbocycles. The molecule has 6 heteroatoms. The lowest BCUT2D eigenvalue weighted by Crippen LogP contribution is -2.44. The van der Waals surface area contributed by atoms with Gasteiger partial charge in [0.15, 0.2) is 4.87 Å². The van der Waals surface area contributed by atoms with Crippen LogP contribution in [0.2, 0.25) is 0 Å². The lowest BCUT2D eigenvalue weighted by atomic mass is 9.91. The summed E-state index contributed by atoms with van der Waals surface area (Å²) >= 11 is 5.94. The van der Waals surface area contributed by atoms with Gasteiger partial charge in [-0.2, -0.15) is 5.26 Å². The monoisotopic (exact) mass is 257 g/mol. The van der Waals surface area contributed by atoms with Crippen molar-refractivity contribution in [1.82, 2.24) is 0 Å². The van der Waals surface area contributed by atoms with Gasteiger partial charge in [0.25, 0.3) is 0 Å². The smallest absolute Gasteiger partial charge is 0.313 e. The van der Waals surface area contributed by atoms with Gasteiger partial charge in [0.2, 0.25) is 5.79 Å². The number of aliphatic hydroxyl groups is 1. The van der Waals surface area contributed by atoms with Crippen LogP contribution in [0.4, 0.5) is 0 Å². The van der Waals surface area contributed by atoms with E-state index < -0.39 is 22.7 Å². The van der Waals surface area contributed by atoms with Gasteiger partial charge in [0.1, 0.15) is 11.9 Å². The van der Waals surface area contributed by atoms with Crippen LogP contribution in [0.1, 0.15) is 20.3 Å². The maximum atomic E-state index is 11.4. The molecule has 0 radical (unpaired) electrons. The normalized spacial score (nSPS) is 39.1. The molecule has 0 aromatic heterocycles. The number of ether oxygens (including phenoxy) is 2. The molecule has 2 aliphatic heterocycles. The lowest BCUT2D eigenvalue weighted by molar-refractivity contribution is -0.150. The Morgan fingerprint density at radius 3 is 2.88 bits per heavy atom. The second-order valence-corrected chi connectivity index (χ2v) is 5.19. The quantitative estimate of drug-likeness (QED) is 0.591. The zero-order valence-corrected chi connectivity index (χ0v) is 10.2. The zero-order valence-electron chi connectivity index (χ0n) is 9.44. The van der Waals surface area contributed by atoms with Crippen LogP contribution in [0.15, 0.2) is 11.8 Å². The molecular formula is C11H12ClNO4. The van der Waals surface area contributed by atoms with E-state index in [0.717, 1.165) is 0 Å². The number of hydrogen-bond acceptors (Lipinski definition) is 5. The average Bonchev–Trinajstić information content (AvgIpc) is 2.68. The van der Waals surface area contributed by atoms with Gasteiger partial charge in [-0.05, 0) is 0 Å². The van der Waals surface area contributed by atoms with Gasteiger partial charge < -0.3 is 14.6 Å². The van der Waals surface area contributed by atoms with Gasteiger partial charge in [-0.1, -0.05) is 25.4 Å². The standard InChI is InChI=1S/C11H12ClNO4/c1-6(2)9(14)16-7-4-11(15)10(12,5-13)3-8(7)17-11/h4,6,8,15H,3H2,1-2H3. The summed E-state index contributed by atoms with van der Waals surface area (Å²) in [5.74, 6) is -2.33. The highest BCUT2D eigenvalue weighted by Crippen LogP contribution is 2.51. The minimum absolute atomic E-state index is 0.0960. The molecule has 0 aliphatic carbocycles. The van der Waals surface area contributed by atoms with Crippen molar-refractivity contribution in [3.05, 3.63) is 11.8 Å².